The topological polar surface area (TPSA) is 107 Å². The first-order chi connectivity index (χ1) is 11.5. The lowest BCUT2D eigenvalue weighted by atomic mass is 9.74. The summed E-state index contributed by atoms with van der Waals surface area (Å²) in [6, 6.07) is 10.2. The van der Waals surface area contributed by atoms with Gasteiger partial charge in [-0.1, -0.05) is 30.3 Å². The molecule has 0 bridgehead atoms. The van der Waals surface area contributed by atoms with Crippen LogP contribution in [-0.2, 0) is 16.0 Å². The summed E-state index contributed by atoms with van der Waals surface area (Å²) >= 11 is 1.44. The van der Waals surface area contributed by atoms with Crippen molar-refractivity contribution in [1.29, 1.82) is 0 Å². The van der Waals surface area contributed by atoms with Crippen LogP contribution in [0, 0.1) is 0 Å². The Bertz CT molecular complexity index is 730. The third-order valence-electron chi connectivity index (χ3n) is 3.22. The van der Waals surface area contributed by atoms with E-state index in [1.54, 1.807) is 24.3 Å². The normalized spacial score (nSPS) is 12.1. The number of carbonyl (C=O) groups excluding carboxylic acids is 1. The molecule has 1 heterocycles. The predicted molar refractivity (Wildman–Crippen MR) is 92.2 cm³/mol. The van der Waals surface area contributed by atoms with E-state index < -0.39 is 19.0 Å². The Balaban J connectivity index is 2.13. The highest BCUT2D eigenvalue weighted by Gasteiger charge is 2.27. The second kappa shape index (κ2) is 8.44. The van der Waals surface area contributed by atoms with Gasteiger partial charge in [-0.05, 0) is 28.6 Å². The standard InChI is InChI=1S/C16H16BNO5S/c19-14(10-13-5-2-8-24-13)18-16(17(22)23)12-4-1-3-11(9-12)6-7-15(20)21/h1-9,16,22-23H,10H2,(H,18,19)(H,20,21)/b7-6+/t16-/m0/s1. The van der Waals surface area contributed by atoms with Crippen LogP contribution in [0.1, 0.15) is 21.9 Å². The zero-order valence-electron chi connectivity index (χ0n) is 12.6. The van der Waals surface area contributed by atoms with Crippen LogP contribution in [0.4, 0.5) is 0 Å². The molecule has 0 saturated heterocycles. The molecule has 0 aliphatic heterocycles. The van der Waals surface area contributed by atoms with Crippen molar-refractivity contribution in [3.8, 4) is 0 Å². The third-order valence-corrected chi connectivity index (χ3v) is 4.09. The summed E-state index contributed by atoms with van der Waals surface area (Å²) < 4.78 is 0. The monoisotopic (exact) mass is 345 g/mol. The Morgan fingerprint density at radius 1 is 1.25 bits per heavy atom. The van der Waals surface area contributed by atoms with Crippen molar-refractivity contribution in [2.24, 2.45) is 0 Å². The average Bonchev–Trinajstić information content (AvgIpc) is 3.03. The Morgan fingerprint density at radius 2 is 2.04 bits per heavy atom. The van der Waals surface area contributed by atoms with Crippen molar-refractivity contribution < 1.29 is 24.7 Å². The van der Waals surface area contributed by atoms with E-state index in [2.05, 4.69) is 5.32 Å². The minimum Gasteiger partial charge on any atom is -0.478 e. The lowest BCUT2D eigenvalue weighted by molar-refractivity contribution is -0.131. The summed E-state index contributed by atoms with van der Waals surface area (Å²) in [5.74, 6) is -2.42. The van der Waals surface area contributed by atoms with Crippen molar-refractivity contribution in [2.45, 2.75) is 12.4 Å². The molecule has 0 aliphatic rings. The van der Waals surface area contributed by atoms with Crippen LogP contribution in [0.3, 0.4) is 0 Å². The van der Waals surface area contributed by atoms with Crippen molar-refractivity contribution in [2.75, 3.05) is 0 Å². The largest absolute Gasteiger partial charge is 0.480 e. The molecule has 2 rings (SSSR count). The van der Waals surface area contributed by atoms with Crippen LogP contribution in [0.15, 0.2) is 47.9 Å². The minimum atomic E-state index is -1.78. The van der Waals surface area contributed by atoms with E-state index >= 15 is 0 Å². The molecule has 0 unspecified atom stereocenters. The molecule has 1 aromatic heterocycles. The van der Waals surface area contributed by atoms with Gasteiger partial charge in [0, 0.05) is 11.0 Å². The first-order valence-electron chi connectivity index (χ1n) is 7.14. The van der Waals surface area contributed by atoms with Gasteiger partial charge in [0.15, 0.2) is 0 Å². The second-order valence-electron chi connectivity index (χ2n) is 5.06. The van der Waals surface area contributed by atoms with E-state index in [4.69, 9.17) is 5.11 Å². The molecule has 4 N–H and O–H groups in total. The molecular weight excluding hydrogens is 329 g/mol. The zero-order chi connectivity index (χ0) is 17.5. The van der Waals surface area contributed by atoms with Crippen molar-refractivity contribution >= 4 is 36.4 Å². The van der Waals surface area contributed by atoms with E-state index in [1.165, 1.54) is 17.4 Å². The number of hydrogen-bond donors (Lipinski definition) is 4. The molecule has 24 heavy (non-hydrogen) atoms. The molecule has 8 heteroatoms. The van der Waals surface area contributed by atoms with Gasteiger partial charge < -0.3 is 20.5 Å². The summed E-state index contributed by atoms with van der Waals surface area (Å²) in [5.41, 5.74) is 1.05. The molecular formula is C16H16BNO5S. The highest BCUT2D eigenvalue weighted by Crippen LogP contribution is 2.18. The van der Waals surface area contributed by atoms with Crippen molar-refractivity contribution in [3.05, 3.63) is 63.9 Å². The number of carboxylic acids is 1. The van der Waals surface area contributed by atoms with Gasteiger partial charge in [-0.2, -0.15) is 0 Å². The molecule has 2 aromatic rings. The number of rotatable bonds is 7. The predicted octanol–water partition coefficient (Wildman–Crippen LogP) is 1.26. The number of nitrogens with one attached hydrogen (secondary N) is 1. The molecule has 0 spiro atoms. The molecule has 0 fully saturated rings. The van der Waals surface area contributed by atoms with Gasteiger partial charge in [-0.3, -0.25) is 4.79 Å². The average molecular weight is 345 g/mol. The second-order valence-corrected chi connectivity index (χ2v) is 6.09. The minimum absolute atomic E-state index is 0.152. The zero-order valence-corrected chi connectivity index (χ0v) is 13.4. The van der Waals surface area contributed by atoms with Crippen molar-refractivity contribution in [1.82, 2.24) is 5.32 Å². The first kappa shape index (κ1) is 17.9. The van der Waals surface area contributed by atoms with Crippen LogP contribution in [0.25, 0.3) is 6.08 Å². The van der Waals surface area contributed by atoms with E-state index in [-0.39, 0.29) is 12.3 Å². The third kappa shape index (κ3) is 5.34. The number of amides is 1. The Hall–Kier alpha value is -2.42. The molecule has 0 aliphatic carbocycles. The van der Waals surface area contributed by atoms with E-state index in [0.717, 1.165) is 11.0 Å². The fraction of sp³-hybridized carbons (Fsp3) is 0.125. The summed E-state index contributed by atoms with van der Waals surface area (Å²) in [5, 5.41) is 32.3. The van der Waals surface area contributed by atoms with Crippen LogP contribution >= 0.6 is 11.3 Å². The number of carboxylic acid groups (broad SMARTS) is 1. The van der Waals surface area contributed by atoms with Crippen LogP contribution in [-0.4, -0.2) is 34.1 Å². The Morgan fingerprint density at radius 3 is 2.67 bits per heavy atom. The van der Waals surface area contributed by atoms with Crippen LogP contribution in [0.5, 0.6) is 0 Å². The van der Waals surface area contributed by atoms with Crippen LogP contribution in [0.2, 0.25) is 0 Å². The molecule has 1 aromatic carbocycles. The number of hydrogen-bond acceptors (Lipinski definition) is 5. The van der Waals surface area contributed by atoms with E-state index in [9.17, 15) is 19.6 Å². The quantitative estimate of drug-likeness (QED) is 0.446. The Kier molecular flexibility index (Phi) is 6.31. The lowest BCUT2D eigenvalue weighted by Gasteiger charge is -2.18. The maximum Gasteiger partial charge on any atom is 0.480 e. The van der Waals surface area contributed by atoms with Gasteiger partial charge in [-0.15, -0.1) is 11.3 Å². The SMILES string of the molecule is O=C(O)/C=C/c1cccc([C@H](NC(=O)Cc2cccs2)B(O)O)c1. The number of aliphatic carboxylic acids is 1. The van der Waals surface area contributed by atoms with Gasteiger partial charge >= 0.3 is 13.1 Å². The Labute approximate surface area is 143 Å². The number of benzene rings is 1. The molecule has 0 saturated carbocycles. The van der Waals surface area contributed by atoms with Gasteiger partial charge in [-0.25, -0.2) is 4.79 Å². The van der Waals surface area contributed by atoms with Gasteiger partial charge in [0.2, 0.25) is 5.91 Å². The summed E-state index contributed by atoms with van der Waals surface area (Å²) in [7, 11) is -1.78. The highest BCUT2D eigenvalue weighted by atomic mass is 32.1. The smallest absolute Gasteiger partial charge is 0.478 e. The fourth-order valence-corrected chi connectivity index (χ4v) is 2.85. The highest BCUT2D eigenvalue weighted by molar-refractivity contribution is 7.10. The van der Waals surface area contributed by atoms with Crippen molar-refractivity contribution in [3.63, 3.8) is 0 Å². The number of thiophene rings is 1. The molecule has 1 amide bonds. The maximum atomic E-state index is 12.1. The summed E-state index contributed by atoms with van der Waals surface area (Å²) in [6.07, 6.45) is 2.53. The van der Waals surface area contributed by atoms with E-state index in [1.807, 2.05) is 17.5 Å². The summed E-state index contributed by atoms with van der Waals surface area (Å²) in [6.45, 7) is 0. The summed E-state index contributed by atoms with van der Waals surface area (Å²) in [4.78, 5) is 23.5. The maximum absolute atomic E-state index is 12.1. The van der Waals surface area contributed by atoms with Gasteiger partial charge in [0.1, 0.15) is 0 Å². The van der Waals surface area contributed by atoms with E-state index in [0.29, 0.717) is 11.1 Å². The molecule has 124 valence electrons. The molecule has 0 radical (unpaired) electrons. The molecule has 1 atom stereocenters. The fourth-order valence-electron chi connectivity index (χ4n) is 2.15. The first-order valence-corrected chi connectivity index (χ1v) is 8.02. The lowest BCUT2D eigenvalue weighted by Crippen LogP contribution is -2.39. The molecule has 6 nitrogen and oxygen atoms in total. The van der Waals surface area contributed by atoms with Gasteiger partial charge in [0.25, 0.3) is 0 Å². The van der Waals surface area contributed by atoms with Gasteiger partial charge in [0.05, 0.1) is 12.4 Å². The van der Waals surface area contributed by atoms with Crippen LogP contribution < -0.4 is 5.32 Å². The number of carbonyl (C=O) groups is 2.